The van der Waals surface area contributed by atoms with Gasteiger partial charge in [0.1, 0.15) is 6.04 Å². The maximum atomic E-state index is 13.5. The summed E-state index contributed by atoms with van der Waals surface area (Å²) in [6.45, 7) is 12.1. The number of halogens is 1. The summed E-state index contributed by atoms with van der Waals surface area (Å²) in [4.78, 5) is 28.2. The van der Waals surface area contributed by atoms with Crippen LogP contribution in [0.15, 0.2) is 42.5 Å². The Hall–Kier alpha value is -2.33. The summed E-state index contributed by atoms with van der Waals surface area (Å²) < 4.78 is 0. The molecule has 0 unspecified atom stereocenters. The number of benzene rings is 2. The van der Waals surface area contributed by atoms with Crippen molar-refractivity contribution in [1.29, 1.82) is 0 Å². The Kier molecular flexibility index (Phi) is 8.08. The van der Waals surface area contributed by atoms with Crippen molar-refractivity contribution in [3.8, 4) is 0 Å². The van der Waals surface area contributed by atoms with E-state index in [0.717, 1.165) is 22.3 Å². The van der Waals surface area contributed by atoms with E-state index < -0.39 is 6.04 Å². The standard InChI is InChI=1S/C25H33ClN2O2/c1-7-22(24(30)27-25(4,5)6)28(16-19-10-8-9-11-21(19)26)23(29)15-20-14-17(2)12-13-18(20)3/h8-14,22H,7,15-16H2,1-6H3,(H,27,30)/t22-/m1/s1. The number of nitrogens with one attached hydrogen (secondary N) is 1. The summed E-state index contributed by atoms with van der Waals surface area (Å²) in [5.41, 5.74) is 3.61. The van der Waals surface area contributed by atoms with E-state index in [4.69, 9.17) is 11.6 Å². The van der Waals surface area contributed by atoms with Gasteiger partial charge in [0, 0.05) is 17.1 Å². The molecule has 0 fully saturated rings. The van der Waals surface area contributed by atoms with Crippen LogP contribution in [0.4, 0.5) is 0 Å². The van der Waals surface area contributed by atoms with Crippen molar-refractivity contribution in [3.05, 3.63) is 69.7 Å². The third-order valence-electron chi connectivity index (χ3n) is 5.03. The maximum Gasteiger partial charge on any atom is 0.243 e. The van der Waals surface area contributed by atoms with Crippen molar-refractivity contribution in [2.24, 2.45) is 0 Å². The third kappa shape index (κ3) is 6.60. The van der Waals surface area contributed by atoms with E-state index in [-0.39, 0.29) is 23.8 Å². The van der Waals surface area contributed by atoms with Gasteiger partial charge in [0.25, 0.3) is 0 Å². The average molecular weight is 429 g/mol. The Labute approximate surface area is 185 Å². The minimum absolute atomic E-state index is 0.0838. The highest BCUT2D eigenvalue weighted by Crippen LogP contribution is 2.22. The Morgan fingerprint density at radius 2 is 1.73 bits per heavy atom. The van der Waals surface area contributed by atoms with Crippen LogP contribution in [0.3, 0.4) is 0 Å². The molecule has 4 nitrogen and oxygen atoms in total. The molecule has 0 aliphatic rings. The molecule has 0 saturated heterocycles. The van der Waals surface area contributed by atoms with Crippen LogP contribution in [0, 0.1) is 13.8 Å². The molecule has 2 aromatic carbocycles. The lowest BCUT2D eigenvalue weighted by Gasteiger charge is -2.33. The summed E-state index contributed by atoms with van der Waals surface area (Å²) in [6.07, 6.45) is 0.766. The lowest BCUT2D eigenvalue weighted by molar-refractivity contribution is -0.141. The zero-order valence-electron chi connectivity index (χ0n) is 18.9. The number of aryl methyl sites for hydroxylation is 2. The largest absolute Gasteiger partial charge is 0.350 e. The molecule has 0 spiro atoms. The number of hydrogen-bond donors (Lipinski definition) is 1. The first-order valence-electron chi connectivity index (χ1n) is 10.4. The number of hydrogen-bond acceptors (Lipinski definition) is 2. The van der Waals surface area contributed by atoms with Crippen molar-refractivity contribution in [2.75, 3.05) is 0 Å². The second kappa shape index (κ2) is 10.1. The molecule has 1 atom stereocenters. The lowest BCUT2D eigenvalue weighted by atomic mass is 10.0. The summed E-state index contributed by atoms with van der Waals surface area (Å²) >= 11 is 6.37. The van der Waals surface area contributed by atoms with Gasteiger partial charge in [-0.2, -0.15) is 0 Å². The third-order valence-corrected chi connectivity index (χ3v) is 5.40. The van der Waals surface area contributed by atoms with Gasteiger partial charge < -0.3 is 10.2 Å². The number of nitrogens with zero attached hydrogens (tertiary/aromatic N) is 1. The van der Waals surface area contributed by atoms with Gasteiger partial charge in [0.15, 0.2) is 0 Å². The molecule has 0 aliphatic heterocycles. The SMILES string of the molecule is CC[C@H](C(=O)NC(C)(C)C)N(Cc1ccccc1Cl)C(=O)Cc1cc(C)ccc1C. The van der Waals surface area contributed by atoms with Crippen LogP contribution in [-0.2, 0) is 22.6 Å². The number of carbonyl (C=O) groups excluding carboxylic acids is 2. The molecule has 0 bridgehead atoms. The second-order valence-corrected chi connectivity index (χ2v) is 9.29. The molecule has 5 heteroatoms. The van der Waals surface area contributed by atoms with Crippen LogP contribution in [-0.4, -0.2) is 28.3 Å². The Morgan fingerprint density at radius 3 is 2.33 bits per heavy atom. The van der Waals surface area contributed by atoms with Crippen LogP contribution in [0.5, 0.6) is 0 Å². The van der Waals surface area contributed by atoms with E-state index >= 15 is 0 Å². The van der Waals surface area contributed by atoms with Crippen molar-refractivity contribution in [1.82, 2.24) is 10.2 Å². The van der Waals surface area contributed by atoms with E-state index in [0.29, 0.717) is 18.0 Å². The summed E-state index contributed by atoms with van der Waals surface area (Å²) in [7, 11) is 0. The Bertz CT molecular complexity index is 902. The van der Waals surface area contributed by atoms with E-state index in [1.54, 1.807) is 11.0 Å². The predicted octanol–water partition coefficient (Wildman–Crippen LogP) is 5.22. The van der Waals surface area contributed by atoms with Gasteiger partial charge in [-0.05, 0) is 63.8 Å². The zero-order chi connectivity index (χ0) is 22.5. The topological polar surface area (TPSA) is 49.4 Å². The number of rotatable bonds is 7. The van der Waals surface area contributed by atoms with Gasteiger partial charge in [-0.25, -0.2) is 0 Å². The molecule has 0 heterocycles. The van der Waals surface area contributed by atoms with Gasteiger partial charge in [0.05, 0.1) is 6.42 Å². The Morgan fingerprint density at radius 1 is 1.07 bits per heavy atom. The number of amides is 2. The summed E-state index contributed by atoms with van der Waals surface area (Å²) in [6, 6.07) is 13.0. The molecule has 2 aromatic rings. The first-order valence-corrected chi connectivity index (χ1v) is 10.8. The van der Waals surface area contributed by atoms with Gasteiger partial charge in [0.2, 0.25) is 11.8 Å². The van der Waals surface area contributed by atoms with Crippen LogP contribution in [0.2, 0.25) is 5.02 Å². The van der Waals surface area contributed by atoms with E-state index in [1.807, 2.05) is 77.9 Å². The first-order chi connectivity index (χ1) is 14.0. The molecule has 0 aliphatic carbocycles. The molecule has 30 heavy (non-hydrogen) atoms. The van der Waals surface area contributed by atoms with Gasteiger partial charge >= 0.3 is 0 Å². The fourth-order valence-corrected chi connectivity index (χ4v) is 3.63. The molecular formula is C25H33ClN2O2. The molecule has 1 N–H and O–H groups in total. The van der Waals surface area contributed by atoms with Crippen molar-refractivity contribution in [3.63, 3.8) is 0 Å². The minimum Gasteiger partial charge on any atom is -0.350 e. The smallest absolute Gasteiger partial charge is 0.243 e. The van der Waals surface area contributed by atoms with Gasteiger partial charge in [-0.1, -0.05) is 60.5 Å². The molecule has 2 amide bonds. The first kappa shape index (κ1) is 23.9. The van der Waals surface area contributed by atoms with Crippen LogP contribution in [0.25, 0.3) is 0 Å². The molecular weight excluding hydrogens is 396 g/mol. The van der Waals surface area contributed by atoms with Crippen LogP contribution < -0.4 is 5.32 Å². The van der Waals surface area contributed by atoms with Gasteiger partial charge in [-0.3, -0.25) is 9.59 Å². The van der Waals surface area contributed by atoms with Crippen molar-refractivity contribution in [2.45, 2.75) is 72.5 Å². The maximum absolute atomic E-state index is 13.5. The Balaban J connectivity index is 2.38. The van der Waals surface area contributed by atoms with E-state index in [9.17, 15) is 9.59 Å². The fourth-order valence-electron chi connectivity index (χ4n) is 3.44. The molecule has 162 valence electrons. The summed E-state index contributed by atoms with van der Waals surface area (Å²) in [5.74, 6) is -0.231. The van der Waals surface area contributed by atoms with E-state index in [2.05, 4.69) is 5.32 Å². The second-order valence-electron chi connectivity index (χ2n) is 8.88. The zero-order valence-corrected chi connectivity index (χ0v) is 19.6. The average Bonchev–Trinajstić information content (AvgIpc) is 2.64. The lowest BCUT2D eigenvalue weighted by Crippen LogP contribution is -2.53. The monoisotopic (exact) mass is 428 g/mol. The number of carbonyl (C=O) groups is 2. The summed E-state index contributed by atoms with van der Waals surface area (Å²) in [5, 5.41) is 3.62. The van der Waals surface area contributed by atoms with Crippen LogP contribution >= 0.6 is 11.6 Å². The van der Waals surface area contributed by atoms with E-state index in [1.165, 1.54) is 0 Å². The quantitative estimate of drug-likeness (QED) is 0.657. The molecule has 0 aromatic heterocycles. The highest BCUT2D eigenvalue weighted by atomic mass is 35.5. The normalized spacial score (nSPS) is 12.4. The molecule has 2 rings (SSSR count). The fraction of sp³-hybridized carbons (Fsp3) is 0.440. The van der Waals surface area contributed by atoms with Gasteiger partial charge in [-0.15, -0.1) is 0 Å². The van der Waals surface area contributed by atoms with Crippen molar-refractivity contribution >= 4 is 23.4 Å². The van der Waals surface area contributed by atoms with Crippen molar-refractivity contribution < 1.29 is 9.59 Å². The highest BCUT2D eigenvalue weighted by Gasteiger charge is 2.31. The van der Waals surface area contributed by atoms with Crippen LogP contribution in [0.1, 0.15) is 56.4 Å². The minimum atomic E-state index is -0.571. The molecule has 0 radical (unpaired) electrons. The highest BCUT2D eigenvalue weighted by molar-refractivity contribution is 6.31. The predicted molar refractivity (Wildman–Crippen MR) is 124 cm³/mol. The molecule has 0 saturated carbocycles.